The molecule has 0 aliphatic carbocycles. The Labute approximate surface area is 467 Å². The van der Waals surface area contributed by atoms with Crippen molar-refractivity contribution >= 4 is 120 Å². The summed E-state index contributed by atoms with van der Waals surface area (Å²) in [4.78, 5) is 61.8. The van der Waals surface area contributed by atoms with Crippen LogP contribution in [0.25, 0.3) is 64.9 Å². The number of hydrogen-bond acceptors (Lipinski definition) is 4. The summed E-state index contributed by atoms with van der Waals surface area (Å²) in [5, 5.41) is 9.44. The lowest BCUT2D eigenvalue weighted by Crippen LogP contribution is -2.47. The average Bonchev–Trinajstić information content (AvgIpc) is 3.80. The monoisotopic (exact) mass is 1150 g/mol. The molecule has 398 valence electrons. The van der Waals surface area contributed by atoms with Gasteiger partial charge in [0.25, 0.3) is 23.6 Å². The van der Waals surface area contributed by atoms with Crippen molar-refractivity contribution in [3.05, 3.63) is 115 Å². The quantitative estimate of drug-likeness (QED) is 0.0212. The first kappa shape index (κ1) is 54.2. The lowest BCUT2D eigenvalue weighted by molar-refractivity contribution is 0.0514. The van der Waals surface area contributed by atoms with Crippen molar-refractivity contribution in [2.24, 2.45) is 0 Å². The molecule has 4 amide bonds. The number of aryl methyl sites for hydroxylation is 3. The second-order valence-electron chi connectivity index (χ2n) is 22.6. The van der Waals surface area contributed by atoms with Crippen LogP contribution < -0.4 is 0 Å². The molecule has 0 saturated heterocycles. The molecule has 9 heteroatoms. The average molecular weight is 1150 g/mol. The first-order chi connectivity index (χ1) is 37.0. The predicted molar refractivity (Wildman–Crippen MR) is 324 cm³/mol. The summed E-state index contributed by atoms with van der Waals surface area (Å²) >= 11 is 7.55. The van der Waals surface area contributed by atoms with Crippen molar-refractivity contribution in [2.75, 3.05) is 6.54 Å². The van der Waals surface area contributed by atoms with Gasteiger partial charge in [0.05, 0.1) is 11.0 Å². The molecule has 7 nitrogen and oxygen atoms in total. The van der Waals surface area contributed by atoms with Crippen LogP contribution in [0.3, 0.4) is 0 Å². The van der Waals surface area contributed by atoms with Gasteiger partial charge in [-0.1, -0.05) is 198 Å². The zero-order valence-corrected chi connectivity index (χ0v) is 48.8. The fourth-order valence-corrected chi connectivity index (χ4v) is 13.8. The smallest absolute Gasteiger partial charge is 0.261 e. The number of carbonyl (C=O) groups is 4. The summed E-state index contributed by atoms with van der Waals surface area (Å²) in [5.41, 5.74) is 7.14. The summed E-state index contributed by atoms with van der Waals surface area (Å²) in [5.74, 6) is -0.860. The summed E-state index contributed by atoms with van der Waals surface area (Å²) < 4.78 is 4.64. The van der Waals surface area contributed by atoms with E-state index in [1.165, 1.54) is 128 Å². The maximum atomic E-state index is 14.9. The van der Waals surface area contributed by atoms with Crippen LogP contribution >= 0.6 is 31.9 Å². The molecule has 0 bridgehead atoms. The van der Waals surface area contributed by atoms with E-state index in [2.05, 4.69) is 88.4 Å². The first-order valence-electron chi connectivity index (χ1n) is 29.4. The lowest BCUT2D eigenvalue weighted by atomic mass is 9.82. The van der Waals surface area contributed by atoms with Crippen LogP contribution in [0.4, 0.5) is 0 Å². The third kappa shape index (κ3) is 10.5. The summed E-state index contributed by atoms with van der Waals surface area (Å²) in [7, 11) is 0. The fourth-order valence-electron chi connectivity index (χ4n) is 13.1. The molecule has 10 rings (SSSR count). The molecule has 76 heavy (non-hydrogen) atoms. The highest BCUT2D eigenvalue weighted by Gasteiger charge is 2.39. The predicted octanol–water partition coefficient (Wildman–Crippen LogP) is 19.6. The van der Waals surface area contributed by atoms with E-state index in [-0.39, 0.29) is 29.7 Å². The van der Waals surface area contributed by atoms with Crippen LogP contribution in [0.2, 0.25) is 0 Å². The number of carbonyl (C=O) groups excluding carboxylic acids is 4. The molecule has 1 aromatic heterocycles. The number of amides is 4. The molecule has 0 unspecified atom stereocenters. The van der Waals surface area contributed by atoms with E-state index < -0.39 is 0 Å². The van der Waals surface area contributed by atoms with E-state index in [0.29, 0.717) is 34.2 Å². The molecule has 2 aliphatic heterocycles. The molecule has 0 atom stereocenters. The number of imide groups is 2. The lowest BCUT2D eigenvalue weighted by Gasteiger charge is -2.35. The molecular weight excluding hydrogens is 1070 g/mol. The van der Waals surface area contributed by atoms with Gasteiger partial charge in [0.2, 0.25) is 0 Å². The Kier molecular flexibility index (Phi) is 17.3. The Morgan fingerprint density at radius 3 is 1.12 bits per heavy atom. The van der Waals surface area contributed by atoms with Gasteiger partial charge in [-0.05, 0) is 132 Å². The standard InChI is InChI=1S/C67H77Br2N3O4/c1-5-7-9-11-13-15-17-19-23-27-45(28-24-20-18-16-14-12-10-8-6-2)72-66(75)52-35-31-48-46-29-33-50-62-51(34-30-47(60(46)62)49-32-36-53(67(72)76)63(52)61(48)49)65(74)71(64(50)73)38-26-22-21-25-37-70-58-41-56(68)43(3)39-54(58)55-40-44(4)57(69)42-59(55)70/h29-36,39-42,45H,5-28,37-38H2,1-4H3. The van der Waals surface area contributed by atoms with Crippen LogP contribution in [0.15, 0.2) is 81.7 Å². The van der Waals surface area contributed by atoms with Gasteiger partial charge in [0, 0.05) is 71.9 Å². The number of benzene rings is 7. The summed E-state index contributed by atoms with van der Waals surface area (Å²) in [6.07, 6.45) is 27.5. The SMILES string of the molecule is CCCCCCCCCCCC(CCCCCCCCCCC)N1C(=O)c2ccc3c4ccc5c6c(ccc(c7ccc(c2c37)C1=O)c64)C(=O)N(CCCCCCn1c2cc(Br)c(C)cc2c2cc(C)c(Br)cc21)C5=O. The molecular formula is C67H77Br2N3O4. The maximum absolute atomic E-state index is 14.9. The van der Waals surface area contributed by atoms with Gasteiger partial charge in [-0.15, -0.1) is 0 Å². The van der Waals surface area contributed by atoms with E-state index in [4.69, 9.17) is 0 Å². The zero-order chi connectivity index (χ0) is 53.0. The van der Waals surface area contributed by atoms with E-state index in [1.807, 2.05) is 48.5 Å². The number of fused-ring (bicyclic) bond motifs is 5. The Hall–Kier alpha value is -5.12. The highest BCUT2D eigenvalue weighted by atomic mass is 79.9. The molecule has 2 aliphatic rings. The minimum atomic E-state index is -0.250. The van der Waals surface area contributed by atoms with Crippen LogP contribution in [0.1, 0.15) is 221 Å². The molecule has 0 fully saturated rings. The number of nitrogens with zero attached hydrogens (tertiary/aromatic N) is 3. The van der Waals surface area contributed by atoms with E-state index in [9.17, 15) is 19.2 Å². The number of halogens is 2. The minimum absolute atomic E-state index is 0.131. The van der Waals surface area contributed by atoms with Gasteiger partial charge >= 0.3 is 0 Å². The highest BCUT2D eigenvalue weighted by molar-refractivity contribution is 9.10. The highest BCUT2D eigenvalue weighted by Crippen LogP contribution is 2.47. The second-order valence-corrected chi connectivity index (χ2v) is 24.3. The van der Waals surface area contributed by atoms with Gasteiger partial charge < -0.3 is 4.57 Å². The molecule has 0 N–H and O–H groups in total. The Balaban J connectivity index is 0.848. The third-order valence-corrected chi connectivity index (χ3v) is 19.0. The van der Waals surface area contributed by atoms with Gasteiger partial charge in [-0.2, -0.15) is 0 Å². The minimum Gasteiger partial charge on any atom is -0.340 e. The van der Waals surface area contributed by atoms with Crippen molar-refractivity contribution in [2.45, 2.75) is 194 Å². The van der Waals surface area contributed by atoms with Crippen LogP contribution in [0.5, 0.6) is 0 Å². The Morgan fingerprint density at radius 1 is 0.382 bits per heavy atom. The Morgan fingerprint density at radius 2 is 0.724 bits per heavy atom. The van der Waals surface area contributed by atoms with Crippen LogP contribution in [0, 0.1) is 13.8 Å². The van der Waals surface area contributed by atoms with Crippen molar-refractivity contribution < 1.29 is 19.2 Å². The topological polar surface area (TPSA) is 79.7 Å². The maximum Gasteiger partial charge on any atom is 0.261 e. The number of aromatic nitrogens is 1. The molecule has 3 heterocycles. The van der Waals surface area contributed by atoms with E-state index in [0.717, 1.165) is 117 Å². The molecule has 7 aromatic carbocycles. The van der Waals surface area contributed by atoms with Crippen LogP contribution in [-0.2, 0) is 6.54 Å². The molecule has 8 aromatic rings. The van der Waals surface area contributed by atoms with E-state index in [1.54, 1.807) is 4.90 Å². The van der Waals surface area contributed by atoms with Crippen molar-refractivity contribution in [1.82, 2.24) is 14.4 Å². The van der Waals surface area contributed by atoms with Gasteiger partial charge in [-0.25, -0.2) is 0 Å². The molecule has 0 radical (unpaired) electrons. The van der Waals surface area contributed by atoms with Crippen molar-refractivity contribution in [1.29, 1.82) is 0 Å². The van der Waals surface area contributed by atoms with Gasteiger partial charge in [0.1, 0.15) is 0 Å². The fraction of sp³-hybridized carbons (Fsp3) is 0.463. The number of unbranched alkanes of at least 4 members (excludes halogenated alkanes) is 19. The number of hydrogen-bond donors (Lipinski definition) is 0. The van der Waals surface area contributed by atoms with Gasteiger partial charge in [0.15, 0.2) is 0 Å². The zero-order valence-electron chi connectivity index (χ0n) is 45.6. The first-order valence-corrected chi connectivity index (χ1v) is 30.9. The molecule has 0 saturated carbocycles. The largest absolute Gasteiger partial charge is 0.340 e. The summed E-state index contributed by atoms with van der Waals surface area (Å²) in [6, 6.07) is 24.7. The van der Waals surface area contributed by atoms with Crippen molar-refractivity contribution in [3.8, 4) is 0 Å². The third-order valence-electron chi connectivity index (χ3n) is 17.3. The normalized spacial score (nSPS) is 13.9. The summed E-state index contributed by atoms with van der Waals surface area (Å²) in [6.45, 7) is 10.0. The number of rotatable bonds is 28. The van der Waals surface area contributed by atoms with Gasteiger partial charge in [-0.3, -0.25) is 29.0 Å². The Bertz CT molecular complexity index is 3270. The van der Waals surface area contributed by atoms with E-state index >= 15 is 0 Å². The van der Waals surface area contributed by atoms with Crippen LogP contribution in [-0.4, -0.2) is 50.6 Å². The molecule has 0 spiro atoms. The van der Waals surface area contributed by atoms with Crippen molar-refractivity contribution in [3.63, 3.8) is 0 Å². The second kappa shape index (κ2) is 24.3.